The summed E-state index contributed by atoms with van der Waals surface area (Å²) in [4.78, 5) is 25.6. The van der Waals surface area contributed by atoms with E-state index in [1.807, 2.05) is 49.4 Å². The first-order chi connectivity index (χ1) is 15.0. The third kappa shape index (κ3) is 5.14. The number of ether oxygens (including phenoxy) is 2. The number of para-hydroxylation sites is 2. The highest BCUT2D eigenvalue weighted by Crippen LogP contribution is 2.28. The molecule has 3 rings (SSSR count). The minimum atomic E-state index is -0.995. The Kier molecular flexibility index (Phi) is 7.47. The van der Waals surface area contributed by atoms with Crippen LogP contribution in [0, 0.1) is 0 Å². The molecule has 31 heavy (non-hydrogen) atoms. The molecule has 2 atom stereocenters. The number of esters is 1. The van der Waals surface area contributed by atoms with Crippen molar-refractivity contribution in [2.45, 2.75) is 52.7 Å². The van der Waals surface area contributed by atoms with Gasteiger partial charge in [0.1, 0.15) is 5.58 Å². The Labute approximate surface area is 182 Å². The third-order valence-corrected chi connectivity index (χ3v) is 5.35. The molecule has 164 valence electrons. The molecule has 6 heteroatoms. The number of fused-ring (bicyclic) bond motifs is 1. The maximum atomic E-state index is 12.8. The van der Waals surface area contributed by atoms with Gasteiger partial charge in [0.2, 0.25) is 5.76 Å². The van der Waals surface area contributed by atoms with Gasteiger partial charge in [-0.3, -0.25) is 4.79 Å². The molecule has 0 saturated carbocycles. The molecule has 0 spiro atoms. The van der Waals surface area contributed by atoms with Crippen molar-refractivity contribution in [2.75, 3.05) is 11.9 Å². The first-order valence-electron chi connectivity index (χ1n) is 10.6. The average Bonchev–Trinajstić information content (AvgIpc) is 3.16. The number of anilines is 1. The lowest BCUT2D eigenvalue weighted by Gasteiger charge is -2.18. The molecule has 1 amide bonds. The van der Waals surface area contributed by atoms with Gasteiger partial charge in [0.15, 0.2) is 6.10 Å². The summed E-state index contributed by atoms with van der Waals surface area (Å²) in [5.41, 5.74) is 2.97. The van der Waals surface area contributed by atoms with E-state index in [2.05, 4.69) is 19.2 Å². The Bertz CT molecular complexity index is 1060. The summed E-state index contributed by atoms with van der Waals surface area (Å²) in [5, 5.41) is 3.68. The van der Waals surface area contributed by atoms with Gasteiger partial charge in [-0.2, -0.15) is 0 Å². The van der Waals surface area contributed by atoms with Crippen LogP contribution in [0.2, 0.25) is 0 Å². The maximum absolute atomic E-state index is 12.8. The van der Waals surface area contributed by atoms with Gasteiger partial charge >= 0.3 is 5.97 Å². The van der Waals surface area contributed by atoms with Crippen LogP contribution in [0.4, 0.5) is 5.69 Å². The van der Waals surface area contributed by atoms with Crippen LogP contribution in [0.15, 0.2) is 52.9 Å². The van der Waals surface area contributed by atoms with Gasteiger partial charge in [0.25, 0.3) is 5.91 Å². The van der Waals surface area contributed by atoms with Crippen LogP contribution >= 0.6 is 0 Å². The van der Waals surface area contributed by atoms with Crippen LogP contribution < -0.4 is 5.32 Å². The summed E-state index contributed by atoms with van der Waals surface area (Å²) < 4.78 is 16.7. The van der Waals surface area contributed by atoms with E-state index in [1.165, 1.54) is 0 Å². The van der Waals surface area contributed by atoms with Crippen molar-refractivity contribution >= 4 is 28.5 Å². The molecule has 0 radical (unpaired) electrons. The second-order valence-corrected chi connectivity index (χ2v) is 7.48. The monoisotopic (exact) mass is 423 g/mol. The molecule has 0 unspecified atom stereocenters. The normalized spacial score (nSPS) is 13.0. The predicted octanol–water partition coefficient (Wildman–Crippen LogP) is 5.67. The molecule has 0 saturated heterocycles. The third-order valence-electron chi connectivity index (χ3n) is 5.35. The van der Waals surface area contributed by atoms with E-state index in [9.17, 15) is 9.59 Å². The van der Waals surface area contributed by atoms with E-state index < -0.39 is 18.0 Å². The predicted molar refractivity (Wildman–Crippen MR) is 120 cm³/mol. The Balaban J connectivity index is 1.76. The molecular weight excluding hydrogens is 394 g/mol. The van der Waals surface area contributed by atoms with E-state index in [0.717, 1.165) is 23.1 Å². The van der Waals surface area contributed by atoms with Gasteiger partial charge in [0.05, 0.1) is 6.61 Å². The molecular formula is C25H29NO5. The van der Waals surface area contributed by atoms with Crippen LogP contribution in [-0.2, 0) is 20.9 Å². The zero-order valence-electron chi connectivity index (χ0n) is 18.4. The number of carbonyl (C=O) groups excluding carboxylic acids is 2. The number of hydrogen-bond donors (Lipinski definition) is 1. The van der Waals surface area contributed by atoms with E-state index in [-0.39, 0.29) is 12.4 Å². The number of amides is 1. The lowest BCUT2D eigenvalue weighted by Crippen LogP contribution is -2.30. The van der Waals surface area contributed by atoms with Gasteiger partial charge in [0, 0.05) is 23.2 Å². The minimum absolute atomic E-state index is 0.0642. The van der Waals surface area contributed by atoms with Gasteiger partial charge in [-0.1, -0.05) is 50.2 Å². The summed E-state index contributed by atoms with van der Waals surface area (Å²) in [6.45, 7) is 8.36. The number of carbonyl (C=O) groups is 2. The fourth-order valence-corrected chi connectivity index (χ4v) is 3.37. The molecule has 2 aromatic carbocycles. The van der Waals surface area contributed by atoms with Crippen molar-refractivity contribution in [3.8, 4) is 0 Å². The topological polar surface area (TPSA) is 77.8 Å². The Hall–Kier alpha value is -3.12. The lowest BCUT2D eigenvalue weighted by molar-refractivity contribution is -0.123. The Morgan fingerprint density at radius 2 is 1.74 bits per heavy atom. The summed E-state index contributed by atoms with van der Waals surface area (Å²) in [5.74, 6) is -0.726. The van der Waals surface area contributed by atoms with Crippen LogP contribution in [0.3, 0.4) is 0 Å². The van der Waals surface area contributed by atoms with E-state index in [0.29, 0.717) is 23.7 Å². The molecule has 1 aromatic heterocycles. The summed E-state index contributed by atoms with van der Waals surface area (Å²) >= 11 is 0. The molecule has 1 N–H and O–H groups in total. The number of nitrogens with one attached hydrogen (secondary N) is 1. The number of benzene rings is 2. The van der Waals surface area contributed by atoms with Crippen LogP contribution in [0.5, 0.6) is 0 Å². The molecule has 0 aliphatic heterocycles. The summed E-state index contributed by atoms with van der Waals surface area (Å²) in [6, 6.07) is 15.0. The van der Waals surface area contributed by atoms with E-state index in [1.54, 1.807) is 13.0 Å². The fraction of sp³-hybridized carbons (Fsp3) is 0.360. The Morgan fingerprint density at radius 3 is 2.48 bits per heavy atom. The molecule has 6 nitrogen and oxygen atoms in total. The minimum Gasteiger partial charge on any atom is -0.449 e. The summed E-state index contributed by atoms with van der Waals surface area (Å²) in [7, 11) is 0. The van der Waals surface area contributed by atoms with Gasteiger partial charge in [-0.05, 0) is 43.9 Å². The Morgan fingerprint density at radius 1 is 1.03 bits per heavy atom. The summed E-state index contributed by atoms with van der Waals surface area (Å²) in [6.07, 6.45) is -0.0443. The molecule has 0 fully saturated rings. The standard InChI is InChI=1S/C25H29NO5/c1-5-16(3)18-11-7-9-13-21(18)26-24(27)17(4)30-25(28)23-20(15-29-6-2)19-12-8-10-14-22(19)31-23/h7-14,16-17H,5-6,15H2,1-4H3,(H,26,27)/t16-,17-/m0/s1. The first kappa shape index (κ1) is 22.6. The highest BCUT2D eigenvalue weighted by Gasteiger charge is 2.26. The number of rotatable bonds is 9. The van der Waals surface area contributed by atoms with Gasteiger partial charge in [-0.25, -0.2) is 4.79 Å². The van der Waals surface area contributed by atoms with Gasteiger partial charge < -0.3 is 19.2 Å². The highest BCUT2D eigenvalue weighted by atomic mass is 16.6. The van der Waals surface area contributed by atoms with Crippen molar-refractivity contribution < 1.29 is 23.5 Å². The van der Waals surface area contributed by atoms with Crippen LogP contribution in [0.1, 0.15) is 61.7 Å². The van der Waals surface area contributed by atoms with Gasteiger partial charge in [-0.15, -0.1) is 0 Å². The first-order valence-corrected chi connectivity index (χ1v) is 10.6. The molecule has 3 aromatic rings. The largest absolute Gasteiger partial charge is 0.449 e. The second-order valence-electron chi connectivity index (χ2n) is 7.48. The van der Waals surface area contributed by atoms with Crippen LogP contribution in [0.25, 0.3) is 11.0 Å². The second kappa shape index (κ2) is 10.3. The zero-order chi connectivity index (χ0) is 22.4. The van der Waals surface area contributed by atoms with Crippen LogP contribution in [-0.4, -0.2) is 24.6 Å². The van der Waals surface area contributed by atoms with Crippen molar-refractivity contribution in [2.24, 2.45) is 0 Å². The lowest BCUT2D eigenvalue weighted by atomic mass is 9.97. The maximum Gasteiger partial charge on any atom is 0.375 e. The zero-order valence-corrected chi connectivity index (χ0v) is 18.4. The van der Waals surface area contributed by atoms with Crippen molar-refractivity contribution in [1.29, 1.82) is 0 Å². The smallest absolute Gasteiger partial charge is 0.375 e. The number of furan rings is 1. The SMILES string of the molecule is CCOCc1c(C(=O)O[C@@H](C)C(=O)Nc2ccccc2[C@@H](C)CC)oc2ccccc12. The molecule has 0 aliphatic rings. The average molecular weight is 424 g/mol. The highest BCUT2D eigenvalue weighted by molar-refractivity contribution is 5.99. The molecule has 1 heterocycles. The molecule has 0 bridgehead atoms. The molecule has 0 aliphatic carbocycles. The van der Waals surface area contributed by atoms with Crippen molar-refractivity contribution in [3.05, 3.63) is 65.4 Å². The van der Waals surface area contributed by atoms with E-state index >= 15 is 0 Å². The quantitative estimate of drug-likeness (QED) is 0.449. The van der Waals surface area contributed by atoms with Crippen molar-refractivity contribution in [1.82, 2.24) is 0 Å². The fourth-order valence-electron chi connectivity index (χ4n) is 3.37. The van der Waals surface area contributed by atoms with Crippen molar-refractivity contribution in [3.63, 3.8) is 0 Å². The van der Waals surface area contributed by atoms with E-state index in [4.69, 9.17) is 13.9 Å². The number of hydrogen-bond acceptors (Lipinski definition) is 5.